The Bertz CT molecular complexity index is 2960. The number of rotatable bonds is 6. The molecule has 3 heterocycles. The molecule has 0 radical (unpaired) electrons. The first-order chi connectivity index (χ1) is 27.0. The Kier molecular flexibility index (Phi) is 7.63. The van der Waals surface area contributed by atoms with Gasteiger partial charge in [-0.15, -0.1) is 0 Å². The summed E-state index contributed by atoms with van der Waals surface area (Å²) in [7, 11) is 0. The molecule has 0 aliphatic carbocycles. The highest BCUT2D eigenvalue weighted by molar-refractivity contribution is 6.16. The highest BCUT2D eigenvalue weighted by Crippen LogP contribution is 2.49. The van der Waals surface area contributed by atoms with Gasteiger partial charge in [0, 0.05) is 55.8 Å². The van der Waals surface area contributed by atoms with Gasteiger partial charge in [0.1, 0.15) is 5.84 Å². The van der Waals surface area contributed by atoms with Crippen LogP contribution in [0.4, 0.5) is 0 Å². The van der Waals surface area contributed by atoms with Crippen LogP contribution in [0.5, 0.6) is 0 Å². The number of fused-ring (bicyclic) bond motifs is 6. The van der Waals surface area contributed by atoms with Crippen molar-refractivity contribution < 1.29 is 0 Å². The molecule has 1 aliphatic rings. The van der Waals surface area contributed by atoms with Gasteiger partial charge in [-0.3, -0.25) is 4.99 Å². The van der Waals surface area contributed by atoms with Crippen LogP contribution in [0.25, 0.3) is 55.2 Å². The number of nitrogens with zero attached hydrogens (tertiary/aromatic N) is 4. The van der Waals surface area contributed by atoms with Crippen LogP contribution in [-0.2, 0) is 12.0 Å². The normalized spacial score (nSPS) is 13.8. The molecule has 0 bridgehead atoms. The van der Waals surface area contributed by atoms with E-state index in [1.807, 2.05) is 60.7 Å². The van der Waals surface area contributed by atoms with Gasteiger partial charge >= 0.3 is 0 Å². The van der Waals surface area contributed by atoms with Gasteiger partial charge in [-0.1, -0.05) is 141 Å². The van der Waals surface area contributed by atoms with Gasteiger partial charge in [0.15, 0.2) is 5.84 Å². The minimum absolute atomic E-state index is 0.219. The van der Waals surface area contributed by atoms with Crippen molar-refractivity contribution in [3.05, 3.63) is 204 Å². The third-order valence-electron chi connectivity index (χ3n) is 11.2. The fourth-order valence-electron chi connectivity index (χ4n) is 8.53. The van der Waals surface area contributed by atoms with Crippen molar-refractivity contribution >= 4 is 44.4 Å². The number of aliphatic imine (C=N–C) groups is 2. The second kappa shape index (κ2) is 12.9. The van der Waals surface area contributed by atoms with Gasteiger partial charge in [0.2, 0.25) is 0 Å². The number of para-hydroxylation sites is 2. The van der Waals surface area contributed by atoms with Crippen LogP contribution in [0, 0.1) is 0 Å². The van der Waals surface area contributed by atoms with Crippen LogP contribution in [0.15, 0.2) is 186 Å². The fraction of sp³-hybridized carbons (Fsp3) is 0.0800. The lowest BCUT2D eigenvalue weighted by Crippen LogP contribution is -2.27. The zero-order chi connectivity index (χ0) is 37.1. The van der Waals surface area contributed by atoms with E-state index in [2.05, 4.69) is 138 Å². The van der Waals surface area contributed by atoms with Crippen LogP contribution in [0.1, 0.15) is 41.7 Å². The summed E-state index contributed by atoms with van der Waals surface area (Å²) in [5, 5.41) is 3.80. The fourth-order valence-corrected chi connectivity index (χ4v) is 8.53. The summed E-state index contributed by atoms with van der Waals surface area (Å²) in [6.07, 6.45) is 2.23. The maximum Gasteiger partial charge on any atom is 0.157 e. The van der Waals surface area contributed by atoms with Crippen molar-refractivity contribution in [2.24, 2.45) is 15.7 Å². The van der Waals surface area contributed by atoms with E-state index in [9.17, 15) is 0 Å². The lowest BCUT2D eigenvalue weighted by molar-refractivity contribution is 0.632. The van der Waals surface area contributed by atoms with Crippen LogP contribution in [-0.4, -0.2) is 20.8 Å². The van der Waals surface area contributed by atoms with Crippen LogP contribution in [0.3, 0.4) is 0 Å². The lowest BCUT2D eigenvalue weighted by atomic mass is 9.74. The van der Waals surface area contributed by atoms with E-state index < -0.39 is 0 Å². The molecule has 2 aromatic heterocycles. The molecule has 0 fully saturated rings. The predicted octanol–water partition coefficient (Wildman–Crippen LogP) is 11.4. The average Bonchev–Trinajstić information content (AvgIpc) is 3.81. The highest BCUT2D eigenvalue weighted by Gasteiger charge is 2.37. The maximum atomic E-state index is 6.73. The first-order valence-corrected chi connectivity index (χ1v) is 18.8. The largest absolute Gasteiger partial charge is 0.383 e. The van der Waals surface area contributed by atoms with Crippen molar-refractivity contribution in [1.82, 2.24) is 9.13 Å². The Morgan fingerprint density at radius 2 is 1.33 bits per heavy atom. The van der Waals surface area contributed by atoms with Gasteiger partial charge in [-0.2, -0.15) is 0 Å². The van der Waals surface area contributed by atoms with E-state index >= 15 is 0 Å². The summed E-state index contributed by atoms with van der Waals surface area (Å²) >= 11 is 0. The van der Waals surface area contributed by atoms with E-state index in [4.69, 9.17) is 15.7 Å². The Morgan fingerprint density at radius 3 is 2.15 bits per heavy atom. The highest BCUT2D eigenvalue weighted by atomic mass is 15.0. The number of aromatic nitrogens is 2. The van der Waals surface area contributed by atoms with Crippen molar-refractivity contribution in [3.8, 4) is 22.5 Å². The summed E-state index contributed by atoms with van der Waals surface area (Å²) in [4.78, 5) is 9.77. The van der Waals surface area contributed by atoms with Crippen LogP contribution >= 0.6 is 0 Å². The van der Waals surface area contributed by atoms with Crippen LogP contribution in [0.2, 0.25) is 0 Å². The second-order valence-corrected chi connectivity index (χ2v) is 14.9. The number of hydrogen-bond acceptors (Lipinski definition) is 1. The number of hydrogen-bond donors (Lipinski definition) is 1. The van der Waals surface area contributed by atoms with E-state index in [1.165, 1.54) is 49.5 Å². The summed E-state index contributed by atoms with van der Waals surface area (Å²) < 4.78 is 4.85. The SMILES string of the molecule is CC1(C)c2ccccc2-n2ccc3cc4c5ccccc5n(-c5ccc(-c6cccc(C(N)=NC(=NCc7ccccc7)c7ccccc7)c6)cc5)c4c1c32. The molecule has 0 spiro atoms. The topological polar surface area (TPSA) is 60.6 Å². The average molecular weight is 710 g/mol. The van der Waals surface area contributed by atoms with Gasteiger partial charge in [-0.05, 0) is 64.7 Å². The number of nitrogens with two attached hydrogens (primary N) is 1. The molecule has 0 amide bonds. The third kappa shape index (κ3) is 5.39. The molecule has 0 saturated heterocycles. The summed E-state index contributed by atoms with van der Waals surface area (Å²) in [5.74, 6) is 1.03. The Morgan fingerprint density at radius 1 is 0.618 bits per heavy atom. The zero-order valence-electron chi connectivity index (χ0n) is 30.8. The Hall–Kier alpha value is -6.98. The lowest BCUT2D eigenvalue weighted by Gasteiger charge is -2.35. The molecule has 2 N–H and O–H groups in total. The van der Waals surface area contributed by atoms with Crippen molar-refractivity contribution in [3.63, 3.8) is 0 Å². The Balaban J connectivity index is 1.06. The molecule has 1 aliphatic heterocycles. The maximum absolute atomic E-state index is 6.73. The van der Waals surface area contributed by atoms with Crippen molar-refractivity contribution in [1.29, 1.82) is 0 Å². The molecule has 10 rings (SSSR count). The predicted molar refractivity (Wildman–Crippen MR) is 229 cm³/mol. The third-order valence-corrected chi connectivity index (χ3v) is 11.2. The number of amidine groups is 2. The quantitative estimate of drug-likeness (QED) is 0.136. The van der Waals surface area contributed by atoms with Gasteiger partial charge in [0.25, 0.3) is 0 Å². The van der Waals surface area contributed by atoms with Crippen molar-refractivity contribution in [2.45, 2.75) is 25.8 Å². The second-order valence-electron chi connectivity index (χ2n) is 14.9. The van der Waals surface area contributed by atoms with E-state index in [0.717, 1.165) is 33.5 Å². The molecule has 264 valence electrons. The molecule has 9 aromatic rings. The van der Waals surface area contributed by atoms with Gasteiger partial charge in [-0.25, -0.2) is 4.99 Å². The first-order valence-electron chi connectivity index (χ1n) is 18.8. The molecule has 0 unspecified atom stereocenters. The van der Waals surface area contributed by atoms with Crippen molar-refractivity contribution in [2.75, 3.05) is 0 Å². The minimum atomic E-state index is -0.219. The molecular weight excluding hydrogens is 671 g/mol. The summed E-state index contributed by atoms with van der Waals surface area (Å²) in [6.45, 7) is 5.27. The van der Waals surface area contributed by atoms with E-state index in [0.29, 0.717) is 18.2 Å². The van der Waals surface area contributed by atoms with Gasteiger partial charge < -0.3 is 14.9 Å². The zero-order valence-corrected chi connectivity index (χ0v) is 30.8. The van der Waals surface area contributed by atoms with E-state index in [1.54, 1.807) is 0 Å². The minimum Gasteiger partial charge on any atom is -0.383 e. The molecular formula is C50H39N5. The molecule has 0 atom stereocenters. The smallest absolute Gasteiger partial charge is 0.157 e. The Labute approximate surface area is 320 Å². The molecule has 5 nitrogen and oxygen atoms in total. The first kappa shape index (κ1) is 32.7. The molecule has 55 heavy (non-hydrogen) atoms. The molecule has 7 aromatic carbocycles. The standard InChI is InChI=1S/C50H39N5/c1-50(2)42-21-10-12-23-44(42)54-29-28-37-31-41-40-20-9-11-22-43(40)55(47(41)45(50)46(37)54)39-26-24-34(25-27-39)36-18-13-19-38(30-36)48(51)53-49(35-16-7-4-8-17-35)52-32-33-14-5-3-6-15-33/h3-31H,32H2,1-2H3,(H2,51,52,53). The van der Waals surface area contributed by atoms with Crippen LogP contribution < -0.4 is 5.73 Å². The molecule has 5 heteroatoms. The van der Waals surface area contributed by atoms with Gasteiger partial charge in [0.05, 0.1) is 23.1 Å². The monoisotopic (exact) mass is 709 g/mol. The summed E-state index contributed by atoms with van der Waals surface area (Å²) in [6, 6.07) is 59.7. The van der Waals surface area contributed by atoms with E-state index in [-0.39, 0.29) is 5.41 Å². The molecule has 0 saturated carbocycles. The number of benzene rings is 7. The summed E-state index contributed by atoms with van der Waals surface area (Å²) in [5.41, 5.74) is 20.4.